The fourth-order valence-electron chi connectivity index (χ4n) is 2.46. The molecule has 0 unspecified atom stereocenters. The van der Waals surface area contributed by atoms with Crippen LogP contribution in [0.15, 0.2) is 30.6 Å². The highest BCUT2D eigenvalue weighted by molar-refractivity contribution is 6.31. The molecule has 0 radical (unpaired) electrons. The maximum Gasteiger partial charge on any atom is 0.120 e. The number of ether oxygens (including phenoxy) is 1. The van der Waals surface area contributed by atoms with Crippen molar-refractivity contribution in [3.63, 3.8) is 0 Å². The molecule has 120 valence electrons. The first-order valence-electron chi connectivity index (χ1n) is 8.15. The number of halogens is 1. The van der Waals surface area contributed by atoms with Crippen molar-refractivity contribution in [3.05, 3.63) is 47.0 Å². The second-order valence-electron chi connectivity index (χ2n) is 5.45. The van der Waals surface area contributed by atoms with E-state index in [1.807, 2.05) is 24.5 Å². The third kappa shape index (κ3) is 4.77. The molecule has 2 rings (SSSR count). The van der Waals surface area contributed by atoms with E-state index in [0.29, 0.717) is 0 Å². The third-order valence-electron chi connectivity index (χ3n) is 3.78. The molecule has 1 aromatic carbocycles. The summed E-state index contributed by atoms with van der Waals surface area (Å²) < 4.78 is 7.92. The average Bonchev–Trinajstić information content (AvgIpc) is 2.98. The fraction of sp³-hybridized carbons (Fsp3) is 0.500. The Morgan fingerprint density at radius 2 is 2.09 bits per heavy atom. The van der Waals surface area contributed by atoms with Crippen molar-refractivity contribution in [1.82, 2.24) is 9.55 Å². The smallest absolute Gasteiger partial charge is 0.120 e. The fourth-order valence-corrected chi connectivity index (χ4v) is 2.73. The minimum Gasteiger partial charge on any atom is -0.494 e. The van der Waals surface area contributed by atoms with Gasteiger partial charge in [0.1, 0.15) is 11.6 Å². The van der Waals surface area contributed by atoms with Crippen molar-refractivity contribution in [2.45, 2.75) is 52.5 Å². The maximum absolute atomic E-state index is 6.38. The van der Waals surface area contributed by atoms with Crippen molar-refractivity contribution in [1.29, 1.82) is 0 Å². The molecule has 0 aliphatic rings. The van der Waals surface area contributed by atoms with E-state index in [0.717, 1.165) is 54.6 Å². The molecule has 0 atom stereocenters. The monoisotopic (exact) mass is 320 g/mol. The van der Waals surface area contributed by atoms with E-state index < -0.39 is 0 Å². The van der Waals surface area contributed by atoms with E-state index in [4.69, 9.17) is 16.3 Å². The van der Waals surface area contributed by atoms with E-state index in [9.17, 15) is 0 Å². The largest absolute Gasteiger partial charge is 0.494 e. The summed E-state index contributed by atoms with van der Waals surface area (Å²) in [5.74, 6) is 1.98. The van der Waals surface area contributed by atoms with Crippen LogP contribution in [0, 0.1) is 0 Å². The Hall–Kier alpha value is -1.48. The molecule has 22 heavy (non-hydrogen) atoms. The molecule has 0 aliphatic carbocycles. The molecule has 3 nitrogen and oxygen atoms in total. The van der Waals surface area contributed by atoms with E-state index in [1.54, 1.807) is 0 Å². The van der Waals surface area contributed by atoms with Gasteiger partial charge >= 0.3 is 0 Å². The van der Waals surface area contributed by atoms with Gasteiger partial charge in [-0.1, -0.05) is 44.4 Å². The lowest BCUT2D eigenvalue weighted by Gasteiger charge is -2.10. The first-order valence-corrected chi connectivity index (χ1v) is 8.53. The maximum atomic E-state index is 6.38. The Morgan fingerprint density at radius 1 is 1.23 bits per heavy atom. The second-order valence-corrected chi connectivity index (χ2v) is 5.86. The number of nitrogens with zero attached hydrogens (tertiary/aromatic N) is 2. The van der Waals surface area contributed by atoms with Crippen LogP contribution in [0.2, 0.25) is 5.02 Å². The molecule has 0 saturated heterocycles. The molecule has 0 bridgehead atoms. The van der Waals surface area contributed by atoms with Gasteiger partial charge in [-0.25, -0.2) is 4.98 Å². The Morgan fingerprint density at radius 3 is 2.82 bits per heavy atom. The zero-order valence-electron chi connectivity index (χ0n) is 13.5. The number of aryl methyl sites for hydroxylation is 3. The molecule has 0 aliphatic heterocycles. The Labute approximate surface area is 138 Å². The van der Waals surface area contributed by atoms with Gasteiger partial charge in [0, 0.05) is 30.4 Å². The molecule has 2 aromatic rings. The summed E-state index contributed by atoms with van der Waals surface area (Å²) in [5.41, 5.74) is 1.15. The van der Waals surface area contributed by atoms with Crippen molar-refractivity contribution >= 4 is 11.6 Å². The van der Waals surface area contributed by atoms with Crippen LogP contribution in [0.5, 0.6) is 5.75 Å². The molecule has 4 heteroatoms. The molecule has 0 N–H and O–H groups in total. The molecule has 0 amide bonds. The van der Waals surface area contributed by atoms with Gasteiger partial charge in [-0.3, -0.25) is 0 Å². The van der Waals surface area contributed by atoms with Gasteiger partial charge < -0.3 is 9.30 Å². The van der Waals surface area contributed by atoms with E-state index >= 15 is 0 Å². The van der Waals surface area contributed by atoms with Crippen molar-refractivity contribution < 1.29 is 4.74 Å². The molecule has 0 saturated carbocycles. The van der Waals surface area contributed by atoms with Crippen LogP contribution >= 0.6 is 11.6 Å². The summed E-state index contributed by atoms with van der Waals surface area (Å²) in [6.45, 7) is 5.98. The highest BCUT2D eigenvalue weighted by atomic mass is 35.5. The van der Waals surface area contributed by atoms with Gasteiger partial charge in [-0.15, -0.1) is 0 Å². The second kappa shape index (κ2) is 8.84. The molecule has 0 fully saturated rings. The predicted octanol–water partition coefficient (Wildman–Crippen LogP) is 4.91. The molecule has 1 heterocycles. The van der Waals surface area contributed by atoms with Crippen molar-refractivity contribution in [2.24, 2.45) is 0 Å². The zero-order chi connectivity index (χ0) is 15.8. The third-order valence-corrected chi connectivity index (χ3v) is 4.13. The van der Waals surface area contributed by atoms with Crippen LogP contribution in [0.25, 0.3) is 0 Å². The van der Waals surface area contributed by atoms with Crippen LogP contribution in [-0.4, -0.2) is 16.2 Å². The van der Waals surface area contributed by atoms with Gasteiger partial charge in [0.05, 0.1) is 6.61 Å². The molecular weight excluding hydrogens is 296 g/mol. The van der Waals surface area contributed by atoms with Gasteiger partial charge in [0.25, 0.3) is 0 Å². The summed E-state index contributed by atoms with van der Waals surface area (Å²) in [5, 5.41) is 0.783. The average molecular weight is 321 g/mol. The van der Waals surface area contributed by atoms with Crippen molar-refractivity contribution in [2.75, 3.05) is 6.61 Å². The van der Waals surface area contributed by atoms with Crippen LogP contribution < -0.4 is 4.74 Å². The van der Waals surface area contributed by atoms with E-state index in [2.05, 4.69) is 29.5 Å². The number of imidazole rings is 1. The number of unbranched alkanes of at least 4 members (excludes halogenated alkanes) is 2. The molecule has 0 spiro atoms. The summed E-state index contributed by atoms with van der Waals surface area (Å²) in [6, 6.07) is 6.01. The minimum absolute atomic E-state index is 0.762. The number of rotatable bonds is 9. The van der Waals surface area contributed by atoms with Gasteiger partial charge in [0.15, 0.2) is 0 Å². The van der Waals surface area contributed by atoms with Crippen LogP contribution in [-0.2, 0) is 19.4 Å². The highest BCUT2D eigenvalue weighted by Crippen LogP contribution is 2.23. The topological polar surface area (TPSA) is 27.1 Å². The predicted molar refractivity (Wildman–Crippen MR) is 91.8 cm³/mol. The van der Waals surface area contributed by atoms with Gasteiger partial charge in [-0.05, 0) is 30.5 Å². The summed E-state index contributed by atoms with van der Waals surface area (Å²) >= 11 is 6.38. The number of hydrogen-bond acceptors (Lipinski definition) is 2. The van der Waals surface area contributed by atoms with E-state index in [1.165, 1.54) is 12.8 Å². The van der Waals surface area contributed by atoms with Crippen LogP contribution in [0.3, 0.4) is 0 Å². The van der Waals surface area contributed by atoms with Crippen LogP contribution in [0.4, 0.5) is 0 Å². The lowest BCUT2D eigenvalue weighted by atomic mass is 10.1. The Kier molecular flexibility index (Phi) is 6.78. The quantitative estimate of drug-likeness (QED) is 0.614. The lowest BCUT2D eigenvalue weighted by molar-refractivity contribution is 0.306. The first-order chi connectivity index (χ1) is 10.7. The highest BCUT2D eigenvalue weighted by Gasteiger charge is 2.05. The van der Waals surface area contributed by atoms with Crippen molar-refractivity contribution in [3.8, 4) is 5.75 Å². The minimum atomic E-state index is 0.762. The van der Waals surface area contributed by atoms with Gasteiger partial charge in [0.2, 0.25) is 0 Å². The molecular formula is C18H25ClN2O. The lowest BCUT2D eigenvalue weighted by Crippen LogP contribution is -2.05. The van der Waals surface area contributed by atoms with Gasteiger partial charge in [-0.2, -0.15) is 0 Å². The molecule has 1 aromatic heterocycles. The Bertz CT molecular complexity index is 580. The normalized spacial score (nSPS) is 10.9. The summed E-state index contributed by atoms with van der Waals surface area (Å²) in [4.78, 5) is 4.34. The zero-order valence-corrected chi connectivity index (χ0v) is 14.3. The first kappa shape index (κ1) is 16.9. The van der Waals surface area contributed by atoms with Crippen LogP contribution in [0.1, 0.15) is 44.5 Å². The summed E-state index contributed by atoms with van der Waals surface area (Å²) in [6.07, 6.45) is 9.24. The number of hydrogen-bond donors (Lipinski definition) is 0. The standard InChI is InChI=1S/C18H25ClN2O/c1-3-5-6-13-22-16-8-7-15(17(19)14-16)9-11-21-12-10-20-18(21)4-2/h7-8,10,12,14H,3-6,9,11,13H2,1-2H3. The number of benzene rings is 1. The number of aromatic nitrogens is 2. The Balaban J connectivity index is 1.89. The SMILES string of the molecule is CCCCCOc1ccc(CCn2ccnc2CC)c(Cl)c1. The summed E-state index contributed by atoms with van der Waals surface area (Å²) in [7, 11) is 0. The van der Waals surface area contributed by atoms with E-state index in [-0.39, 0.29) is 0 Å².